The van der Waals surface area contributed by atoms with Crippen LogP contribution in [-0.2, 0) is 9.59 Å². The summed E-state index contributed by atoms with van der Waals surface area (Å²) in [6.07, 6.45) is 2.29. The first-order chi connectivity index (χ1) is 18.9. The molecule has 2 aliphatic rings. The fourth-order valence-electron chi connectivity index (χ4n) is 5.07. The van der Waals surface area contributed by atoms with Gasteiger partial charge in [0.25, 0.3) is 5.91 Å². The fourth-order valence-corrected chi connectivity index (χ4v) is 5.07. The average Bonchev–Trinajstić information content (AvgIpc) is 3.46. The van der Waals surface area contributed by atoms with E-state index in [-0.39, 0.29) is 29.5 Å². The highest BCUT2D eigenvalue weighted by Crippen LogP contribution is 2.31. The van der Waals surface area contributed by atoms with Crippen molar-refractivity contribution < 1.29 is 24.3 Å². The number of aromatic carboxylic acids is 1. The SMILES string of the molecule is O=C(Nc1cccc(C(=O)O)c1)NC1N=C(c2ccccc2)c2ccccc2N(CC(=O)C2CCCC2)C1=O. The van der Waals surface area contributed by atoms with E-state index in [1.165, 1.54) is 23.1 Å². The average molecular weight is 525 g/mol. The first kappa shape index (κ1) is 25.8. The Hall–Kier alpha value is -4.79. The molecule has 3 aromatic rings. The van der Waals surface area contributed by atoms with Crippen LogP contribution >= 0.6 is 0 Å². The molecule has 3 amide bonds. The number of rotatable bonds is 7. The zero-order valence-corrected chi connectivity index (χ0v) is 21.2. The van der Waals surface area contributed by atoms with Crippen LogP contribution in [0.3, 0.4) is 0 Å². The first-order valence-corrected chi connectivity index (χ1v) is 12.9. The number of nitrogens with zero attached hydrogens (tertiary/aromatic N) is 2. The van der Waals surface area contributed by atoms with Gasteiger partial charge in [-0.3, -0.25) is 9.59 Å². The number of carboxylic acids is 1. The molecular weight excluding hydrogens is 496 g/mol. The molecule has 5 rings (SSSR count). The number of carbonyl (C=O) groups is 4. The second-order valence-corrected chi connectivity index (χ2v) is 9.62. The molecular formula is C30H28N4O5. The maximum atomic E-state index is 13.9. The monoisotopic (exact) mass is 524 g/mol. The molecule has 0 bridgehead atoms. The van der Waals surface area contributed by atoms with Crippen molar-refractivity contribution >= 4 is 40.8 Å². The summed E-state index contributed by atoms with van der Waals surface area (Å²) in [6, 6.07) is 21.7. The number of nitrogens with one attached hydrogen (secondary N) is 2. The minimum absolute atomic E-state index is 0.00694. The third-order valence-electron chi connectivity index (χ3n) is 7.02. The number of aliphatic imine (C=N–C) groups is 1. The van der Waals surface area contributed by atoms with E-state index in [1.54, 1.807) is 18.2 Å². The summed E-state index contributed by atoms with van der Waals surface area (Å²) in [7, 11) is 0. The number of benzene rings is 3. The van der Waals surface area contributed by atoms with E-state index in [9.17, 15) is 24.3 Å². The number of para-hydroxylation sites is 1. The second kappa shape index (κ2) is 11.3. The predicted molar refractivity (Wildman–Crippen MR) is 147 cm³/mol. The van der Waals surface area contributed by atoms with Gasteiger partial charge in [0, 0.05) is 22.7 Å². The maximum Gasteiger partial charge on any atom is 0.335 e. The first-order valence-electron chi connectivity index (χ1n) is 12.9. The van der Waals surface area contributed by atoms with Crippen LogP contribution in [0.2, 0.25) is 0 Å². The molecule has 1 heterocycles. The molecule has 1 aliphatic carbocycles. The van der Waals surface area contributed by atoms with Gasteiger partial charge in [0.15, 0.2) is 5.78 Å². The lowest BCUT2D eigenvalue weighted by atomic mass is 9.99. The summed E-state index contributed by atoms with van der Waals surface area (Å²) in [5, 5.41) is 14.5. The van der Waals surface area contributed by atoms with Gasteiger partial charge in [0.1, 0.15) is 0 Å². The summed E-state index contributed by atoms with van der Waals surface area (Å²) >= 11 is 0. The van der Waals surface area contributed by atoms with Gasteiger partial charge in [0.05, 0.1) is 23.5 Å². The molecule has 3 N–H and O–H groups in total. The third kappa shape index (κ3) is 5.72. The molecule has 1 unspecified atom stereocenters. The molecule has 0 spiro atoms. The van der Waals surface area contributed by atoms with Crippen molar-refractivity contribution in [3.63, 3.8) is 0 Å². The van der Waals surface area contributed by atoms with Crippen molar-refractivity contribution in [3.05, 3.63) is 95.6 Å². The second-order valence-electron chi connectivity index (χ2n) is 9.62. The van der Waals surface area contributed by atoms with Crippen LogP contribution in [0.1, 0.15) is 47.2 Å². The molecule has 9 nitrogen and oxygen atoms in total. The van der Waals surface area contributed by atoms with Crippen LogP contribution in [0.25, 0.3) is 0 Å². The maximum absolute atomic E-state index is 13.9. The van der Waals surface area contributed by atoms with E-state index in [4.69, 9.17) is 4.99 Å². The van der Waals surface area contributed by atoms with Gasteiger partial charge >= 0.3 is 12.0 Å². The van der Waals surface area contributed by atoms with Crippen molar-refractivity contribution in [3.8, 4) is 0 Å². The van der Waals surface area contributed by atoms with Crippen LogP contribution in [0, 0.1) is 5.92 Å². The number of urea groups is 1. The number of benzodiazepines with no additional fused rings is 1. The smallest absolute Gasteiger partial charge is 0.335 e. The number of hydrogen-bond acceptors (Lipinski definition) is 5. The molecule has 9 heteroatoms. The molecule has 39 heavy (non-hydrogen) atoms. The Morgan fingerprint density at radius 3 is 2.38 bits per heavy atom. The van der Waals surface area contributed by atoms with Crippen molar-refractivity contribution in [1.29, 1.82) is 0 Å². The van der Waals surface area contributed by atoms with E-state index in [2.05, 4.69) is 10.6 Å². The molecule has 0 radical (unpaired) electrons. The molecule has 0 saturated heterocycles. The van der Waals surface area contributed by atoms with Crippen LogP contribution in [0.5, 0.6) is 0 Å². The lowest BCUT2D eigenvalue weighted by Gasteiger charge is -2.26. The standard InChI is InChI=1S/C30H28N4O5/c35-25(19-9-4-5-10-19)18-34-24-16-7-6-15-23(24)26(20-11-2-1-3-12-20)32-27(28(34)36)33-30(39)31-22-14-8-13-21(17-22)29(37)38/h1-3,6-8,11-17,19,27H,4-5,9-10,18H2,(H,37,38)(H2,31,33,39). The normalized spacial score (nSPS) is 17.1. The molecule has 1 aliphatic heterocycles. The van der Waals surface area contributed by atoms with E-state index in [0.29, 0.717) is 17.0 Å². The van der Waals surface area contributed by atoms with Gasteiger partial charge in [0.2, 0.25) is 6.17 Å². The van der Waals surface area contributed by atoms with Gasteiger partial charge in [-0.2, -0.15) is 0 Å². The topological polar surface area (TPSA) is 128 Å². The number of ketones is 1. The number of hydrogen-bond donors (Lipinski definition) is 3. The Bertz CT molecular complexity index is 1450. The van der Waals surface area contributed by atoms with Gasteiger partial charge < -0.3 is 20.6 Å². The largest absolute Gasteiger partial charge is 0.478 e. The highest BCUT2D eigenvalue weighted by atomic mass is 16.4. The molecule has 198 valence electrons. The quantitative estimate of drug-likeness (QED) is 0.420. The zero-order chi connectivity index (χ0) is 27.4. The van der Waals surface area contributed by atoms with Crippen molar-refractivity contribution in [2.24, 2.45) is 10.9 Å². The Morgan fingerprint density at radius 1 is 0.923 bits per heavy atom. The molecule has 0 aromatic heterocycles. The Kier molecular flexibility index (Phi) is 7.49. The lowest BCUT2D eigenvalue weighted by Crippen LogP contribution is -2.50. The van der Waals surface area contributed by atoms with Crippen LogP contribution in [-0.4, -0.2) is 47.2 Å². The van der Waals surface area contributed by atoms with Gasteiger partial charge in [-0.05, 0) is 37.1 Å². The summed E-state index contributed by atoms with van der Waals surface area (Å²) in [5.74, 6) is -1.75. The van der Waals surface area contributed by atoms with E-state index in [0.717, 1.165) is 31.2 Å². The minimum atomic E-state index is -1.33. The Morgan fingerprint density at radius 2 is 1.64 bits per heavy atom. The number of carbonyl (C=O) groups excluding carboxylic acids is 3. The molecule has 3 aromatic carbocycles. The fraction of sp³-hybridized carbons (Fsp3) is 0.233. The number of fused-ring (bicyclic) bond motifs is 1. The number of Topliss-reactive ketones (excluding diaryl/α,β-unsaturated/α-hetero) is 1. The molecule has 1 saturated carbocycles. The number of amides is 3. The van der Waals surface area contributed by atoms with Crippen molar-refractivity contribution in [2.45, 2.75) is 31.8 Å². The summed E-state index contributed by atoms with van der Waals surface area (Å²) < 4.78 is 0. The molecule has 1 atom stereocenters. The Balaban J connectivity index is 1.49. The Labute approximate surface area is 225 Å². The van der Waals surface area contributed by atoms with E-state index >= 15 is 0 Å². The van der Waals surface area contributed by atoms with Gasteiger partial charge in [-0.15, -0.1) is 0 Å². The van der Waals surface area contributed by atoms with Gasteiger partial charge in [-0.1, -0.05) is 67.4 Å². The predicted octanol–water partition coefficient (Wildman–Crippen LogP) is 4.48. The highest BCUT2D eigenvalue weighted by molar-refractivity contribution is 6.21. The minimum Gasteiger partial charge on any atom is -0.478 e. The van der Waals surface area contributed by atoms with Crippen LogP contribution in [0.4, 0.5) is 16.2 Å². The third-order valence-corrected chi connectivity index (χ3v) is 7.02. The summed E-state index contributed by atoms with van der Waals surface area (Å²) in [5.41, 5.74) is 2.74. The van der Waals surface area contributed by atoms with Crippen LogP contribution in [0.15, 0.2) is 83.9 Å². The van der Waals surface area contributed by atoms with E-state index in [1.807, 2.05) is 42.5 Å². The lowest BCUT2D eigenvalue weighted by molar-refractivity contribution is -0.125. The van der Waals surface area contributed by atoms with Crippen LogP contribution < -0.4 is 15.5 Å². The van der Waals surface area contributed by atoms with Crippen molar-refractivity contribution in [2.75, 3.05) is 16.8 Å². The highest BCUT2D eigenvalue weighted by Gasteiger charge is 2.35. The van der Waals surface area contributed by atoms with E-state index < -0.39 is 24.1 Å². The summed E-state index contributed by atoms with van der Waals surface area (Å²) in [4.78, 5) is 57.6. The summed E-state index contributed by atoms with van der Waals surface area (Å²) in [6.45, 7) is -0.113. The van der Waals surface area contributed by atoms with Crippen molar-refractivity contribution in [1.82, 2.24) is 5.32 Å². The number of carboxylic acid groups (broad SMARTS) is 1. The molecule has 1 fully saturated rings. The van der Waals surface area contributed by atoms with Gasteiger partial charge in [-0.25, -0.2) is 14.6 Å². The number of anilines is 2. The zero-order valence-electron chi connectivity index (χ0n) is 21.2.